The molecule has 0 saturated carbocycles. The van der Waals surface area contributed by atoms with Crippen LogP contribution in [0.25, 0.3) is 0 Å². The van der Waals surface area contributed by atoms with E-state index in [1.807, 2.05) is 0 Å². The van der Waals surface area contributed by atoms with Crippen molar-refractivity contribution in [2.75, 3.05) is 11.8 Å². The molecule has 0 bridgehead atoms. The molecular weight excluding hydrogens is 373 g/mol. The molecule has 1 amide bonds. The van der Waals surface area contributed by atoms with Crippen molar-refractivity contribution in [2.24, 2.45) is 4.40 Å². The molecule has 1 aromatic rings. The predicted molar refractivity (Wildman–Crippen MR) is 83.5 cm³/mol. The summed E-state index contributed by atoms with van der Waals surface area (Å²) in [7, 11) is -4.08. The van der Waals surface area contributed by atoms with Crippen molar-refractivity contribution in [3.05, 3.63) is 29.8 Å². The quantitative estimate of drug-likeness (QED) is 0.784. The Hall–Kier alpha value is -1.20. The number of hydrogen-bond acceptors (Lipinski definition) is 5. The highest BCUT2D eigenvalue weighted by molar-refractivity contribution is 8.39. The monoisotopic (exact) mass is 384 g/mol. The number of alkyl halides is 3. The van der Waals surface area contributed by atoms with E-state index in [9.17, 15) is 26.4 Å². The average molecular weight is 384 g/mol. The van der Waals surface area contributed by atoms with Gasteiger partial charge in [-0.15, -0.1) is 4.40 Å². The summed E-state index contributed by atoms with van der Waals surface area (Å²) in [6, 6.07) is 3.15. The first kappa shape index (κ1) is 18.1. The molecule has 0 aromatic heterocycles. The van der Waals surface area contributed by atoms with Gasteiger partial charge in [0.25, 0.3) is 10.0 Å². The molecular formula is C12H11F3N2O3S3. The Morgan fingerprint density at radius 3 is 2.13 bits per heavy atom. The van der Waals surface area contributed by atoms with Crippen molar-refractivity contribution in [1.29, 1.82) is 0 Å². The normalized spacial score (nSPS) is 16.3. The fourth-order valence-electron chi connectivity index (χ4n) is 1.55. The Labute approximate surface area is 139 Å². The third-order valence-electron chi connectivity index (χ3n) is 2.81. The van der Waals surface area contributed by atoms with Crippen molar-refractivity contribution in [3.63, 3.8) is 0 Å². The molecule has 0 unspecified atom stereocenters. The Morgan fingerprint density at radius 1 is 1.17 bits per heavy atom. The van der Waals surface area contributed by atoms with Gasteiger partial charge in [-0.3, -0.25) is 4.79 Å². The molecule has 0 radical (unpaired) electrons. The summed E-state index contributed by atoms with van der Waals surface area (Å²) in [6.07, 6.45) is -4.53. The average Bonchev–Trinajstić information content (AvgIpc) is 2.46. The van der Waals surface area contributed by atoms with Gasteiger partial charge in [-0.2, -0.15) is 21.6 Å². The maximum Gasteiger partial charge on any atom is 0.416 e. The first-order valence-corrected chi connectivity index (χ1v) is 9.54. The minimum absolute atomic E-state index is 0.130. The summed E-state index contributed by atoms with van der Waals surface area (Å²) in [6.45, 7) is 1.40. The number of sulfonamides is 1. The minimum Gasteiger partial charge on any atom is -0.324 e. The molecule has 1 aliphatic heterocycles. The maximum atomic E-state index is 12.5. The minimum atomic E-state index is -4.53. The number of amides is 1. The molecule has 1 saturated heterocycles. The van der Waals surface area contributed by atoms with Crippen LogP contribution in [0.5, 0.6) is 0 Å². The fraction of sp³-hybridized carbons (Fsp3) is 0.333. The van der Waals surface area contributed by atoms with E-state index in [0.717, 1.165) is 35.7 Å². The van der Waals surface area contributed by atoms with Gasteiger partial charge in [0.2, 0.25) is 5.91 Å². The largest absolute Gasteiger partial charge is 0.416 e. The van der Waals surface area contributed by atoms with Gasteiger partial charge in [0.15, 0.2) is 0 Å². The predicted octanol–water partition coefficient (Wildman–Crippen LogP) is 2.99. The first-order chi connectivity index (χ1) is 10.6. The van der Waals surface area contributed by atoms with Crippen LogP contribution in [-0.2, 0) is 21.0 Å². The number of thioether (sulfide) groups is 2. The number of benzene rings is 1. The van der Waals surface area contributed by atoms with Crippen LogP contribution in [-0.4, -0.2) is 35.4 Å². The lowest BCUT2D eigenvalue weighted by Crippen LogP contribution is -2.31. The van der Waals surface area contributed by atoms with Gasteiger partial charge in [0.1, 0.15) is 4.38 Å². The summed E-state index contributed by atoms with van der Waals surface area (Å²) in [5.41, 5.74) is -0.928. The molecule has 126 valence electrons. The summed E-state index contributed by atoms with van der Waals surface area (Å²) in [5, 5.41) is 0. The van der Waals surface area contributed by atoms with Crippen molar-refractivity contribution in [1.82, 2.24) is 4.90 Å². The Balaban J connectivity index is 2.16. The second kappa shape index (κ2) is 6.73. The smallest absolute Gasteiger partial charge is 0.324 e. The third-order valence-corrected chi connectivity index (χ3v) is 6.59. The van der Waals surface area contributed by atoms with Gasteiger partial charge in [-0.1, -0.05) is 23.5 Å². The molecule has 0 atom stereocenters. The number of hydrogen-bond donors (Lipinski definition) is 0. The number of rotatable bonds is 2. The number of carbonyl (C=O) groups excluding carboxylic acids is 1. The van der Waals surface area contributed by atoms with E-state index in [2.05, 4.69) is 4.40 Å². The Morgan fingerprint density at radius 2 is 1.70 bits per heavy atom. The maximum absolute atomic E-state index is 12.5. The molecule has 1 aromatic carbocycles. The van der Waals surface area contributed by atoms with Gasteiger partial charge >= 0.3 is 6.18 Å². The topological polar surface area (TPSA) is 66.8 Å². The lowest BCUT2D eigenvalue weighted by molar-refractivity contribution is -0.137. The molecule has 1 fully saturated rings. The molecule has 2 rings (SSSR count). The molecule has 0 aliphatic carbocycles. The van der Waals surface area contributed by atoms with Gasteiger partial charge in [0.05, 0.1) is 22.2 Å². The van der Waals surface area contributed by atoms with Crippen LogP contribution in [0.1, 0.15) is 12.5 Å². The highest BCUT2D eigenvalue weighted by Crippen LogP contribution is 2.31. The lowest BCUT2D eigenvalue weighted by atomic mass is 10.2. The van der Waals surface area contributed by atoms with Crippen LogP contribution in [0.4, 0.5) is 13.2 Å². The number of halogens is 3. The SMILES string of the molecule is CC(=O)N1CSC(=NS(=O)(=O)c2ccc(C(F)(F)F)cc2)SC1. The van der Waals surface area contributed by atoms with E-state index in [-0.39, 0.29) is 26.9 Å². The highest BCUT2D eigenvalue weighted by Gasteiger charge is 2.30. The molecule has 0 N–H and O–H groups in total. The zero-order chi connectivity index (χ0) is 17.3. The van der Waals surface area contributed by atoms with Gasteiger partial charge < -0.3 is 4.90 Å². The molecule has 11 heteroatoms. The first-order valence-electron chi connectivity index (χ1n) is 6.13. The summed E-state index contributed by atoms with van der Waals surface area (Å²) >= 11 is 2.17. The van der Waals surface area contributed by atoms with Gasteiger partial charge in [-0.25, -0.2) is 0 Å². The molecule has 23 heavy (non-hydrogen) atoms. The second-order valence-electron chi connectivity index (χ2n) is 4.46. The van der Waals surface area contributed by atoms with E-state index in [0.29, 0.717) is 12.1 Å². The van der Waals surface area contributed by atoms with Gasteiger partial charge in [0, 0.05) is 6.92 Å². The number of nitrogens with zero attached hydrogens (tertiary/aromatic N) is 2. The van der Waals surface area contributed by atoms with Crippen molar-refractivity contribution >= 4 is 43.8 Å². The van der Waals surface area contributed by atoms with E-state index in [1.165, 1.54) is 11.8 Å². The van der Waals surface area contributed by atoms with E-state index >= 15 is 0 Å². The summed E-state index contributed by atoms with van der Waals surface area (Å²) in [4.78, 5) is 12.4. The fourth-order valence-corrected chi connectivity index (χ4v) is 5.18. The van der Waals surface area contributed by atoms with E-state index < -0.39 is 21.8 Å². The Bertz CT molecular complexity index is 720. The third kappa shape index (κ3) is 4.64. The van der Waals surface area contributed by atoms with Crippen LogP contribution in [0.2, 0.25) is 0 Å². The lowest BCUT2D eigenvalue weighted by Gasteiger charge is -2.24. The van der Waals surface area contributed by atoms with Crippen LogP contribution >= 0.6 is 23.5 Å². The highest BCUT2D eigenvalue weighted by atomic mass is 32.2. The molecule has 1 heterocycles. The Kier molecular flexibility index (Phi) is 5.31. The summed E-state index contributed by atoms with van der Waals surface area (Å²) < 4.78 is 65.5. The second-order valence-corrected chi connectivity index (χ2v) is 8.19. The zero-order valence-electron chi connectivity index (χ0n) is 11.7. The molecule has 5 nitrogen and oxygen atoms in total. The standard InChI is InChI=1S/C12H11F3N2O3S3/c1-8(18)17-6-21-11(22-7-17)16-23(19,20)10-4-2-9(3-5-10)12(13,14)15/h2-5H,6-7H2,1H3. The zero-order valence-corrected chi connectivity index (χ0v) is 14.2. The van der Waals surface area contributed by atoms with Gasteiger partial charge in [-0.05, 0) is 24.3 Å². The van der Waals surface area contributed by atoms with Crippen molar-refractivity contribution < 1.29 is 26.4 Å². The molecule has 1 aliphatic rings. The van der Waals surface area contributed by atoms with Crippen molar-refractivity contribution in [3.8, 4) is 0 Å². The summed E-state index contributed by atoms with van der Waals surface area (Å²) in [5.74, 6) is 0.433. The van der Waals surface area contributed by atoms with Crippen LogP contribution in [0, 0.1) is 0 Å². The van der Waals surface area contributed by atoms with Crippen LogP contribution in [0.3, 0.4) is 0 Å². The van der Waals surface area contributed by atoms with E-state index in [4.69, 9.17) is 0 Å². The van der Waals surface area contributed by atoms with Crippen LogP contribution in [0.15, 0.2) is 33.6 Å². The van der Waals surface area contributed by atoms with E-state index in [1.54, 1.807) is 0 Å². The molecule has 0 spiro atoms. The van der Waals surface area contributed by atoms with Crippen molar-refractivity contribution in [2.45, 2.75) is 18.0 Å². The van der Waals surface area contributed by atoms with Crippen LogP contribution < -0.4 is 0 Å². The number of carbonyl (C=O) groups is 1.